The number of likely N-dealkylation sites (N-methyl/N-ethyl adjacent to an activating group) is 1. The third-order valence-corrected chi connectivity index (χ3v) is 3.36. The van der Waals surface area contributed by atoms with Crippen LogP contribution in [-0.4, -0.2) is 35.6 Å². The van der Waals surface area contributed by atoms with Crippen molar-refractivity contribution in [2.75, 3.05) is 13.6 Å². The molecule has 1 unspecified atom stereocenters. The summed E-state index contributed by atoms with van der Waals surface area (Å²) < 4.78 is 0. The van der Waals surface area contributed by atoms with Crippen molar-refractivity contribution in [3.63, 3.8) is 0 Å². The van der Waals surface area contributed by atoms with E-state index in [1.807, 2.05) is 7.05 Å². The summed E-state index contributed by atoms with van der Waals surface area (Å²) in [5.74, 6) is -0.730. The smallest absolute Gasteiger partial charge is 0.304 e. The summed E-state index contributed by atoms with van der Waals surface area (Å²) in [6.45, 7) is 4.84. The summed E-state index contributed by atoms with van der Waals surface area (Å²) in [7, 11) is 2.01. The summed E-state index contributed by atoms with van der Waals surface area (Å²) >= 11 is 0. The van der Waals surface area contributed by atoms with Gasteiger partial charge in [0, 0.05) is 12.6 Å². The largest absolute Gasteiger partial charge is 0.481 e. The van der Waals surface area contributed by atoms with Crippen LogP contribution in [0.15, 0.2) is 24.3 Å². The first kappa shape index (κ1) is 14.7. The number of aliphatic carboxylic acids is 1. The molecule has 0 amide bonds. The van der Waals surface area contributed by atoms with E-state index in [-0.39, 0.29) is 6.42 Å². The van der Waals surface area contributed by atoms with E-state index in [2.05, 4.69) is 43.0 Å². The van der Waals surface area contributed by atoms with E-state index in [9.17, 15) is 4.79 Å². The normalized spacial score (nSPS) is 12.7. The van der Waals surface area contributed by atoms with Crippen molar-refractivity contribution >= 4 is 5.97 Å². The molecule has 0 aliphatic rings. The van der Waals surface area contributed by atoms with E-state index < -0.39 is 5.97 Å². The molecule has 1 aromatic carbocycles. The Hall–Kier alpha value is -1.35. The van der Waals surface area contributed by atoms with Gasteiger partial charge >= 0.3 is 5.97 Å². The molecular formula is C15H23NO2. The van der Waals surface area contributed by atoms with Gasteiger partial charge in [-0.2, -0.15) is 0 Å². The topological polar surface area (TPSA) is 40.5 Å². The summed E-state index contributed by atoms with van der Waals surface area (Å²) in [5, 5.41) is 8.71. The van der Waals surface area contributed by atoms with Crippen molar-refractivity contribution in [1.29, 1.82) is 0 Å². The van der Waals surface area contributed by atoms with Gasteiger partial charge < -0.3 is 10.0 Å². The van der Waals surface area contributed by atoms with Crippen molar-refractivity contribution in [1.82, 2.24) is 4.90 Å². The lowest BCUT2D eigenvalue weighted by molar-refractivity contribution is -0.137. The van der Waals surface area contributed by atoms with Crippen molar-refractivity contribution in [2.24, 2.45) is 0 Å². The first-order valence-electron chi connectivity index (χ1n) is 6.50. The van der Waals surface area contributed by atoms with Crippen LogP contribution in [0.4, 0.5) is 0 Å². The zero-order chi connectivity index (χ0) is 13.5. The number of benzene rings is 1. The second-order valence-corrected chi connectivity index (χ2v) is 4.88. The van der Waals surface area contributed by atoms with Gasteiger partial charge in [-0.15, -0.1) is 0 Å². The molecule has 0 saturated carbocycles. The molecule has 18 heavy (non-hydrogen) atoms. The Balaban J connectivity index is 2.55. The minimum Gasteiger partial charge on any atom is -0.481 e. The fourth-order valence-electron chi connectivity index (χ4n) is 2.06. The zero-order valence-electron chi connectivity index (χ0n) is 11.5. The lowest BCUT2D eigenvalue weighted by atomic mass is 10.0. The highest BCUT2D eigenvalue weighted by Gasteiger charge is 2.14. The maximum absolute atomic E-state index is 10.6. The maximum atomic E-state index is 10.6. The van der Waals surface area contributed by atoms with Crippen LogP contribution < -0.4 is 0 Å². The second kappa shape index (κ2) is 7.17. The van der Waals surface area contributed by atoms with Crippen LogP contribution in [0.3, 0.4) is 0 Å². The number of carboxylic acid groups (broad SMARTS) is 1. The SMILES string of the molecule is CCC(Cc1ccc(C)cc1)N(C)CCC(=O)O. The highest BCUT2D eigenvalue weighted by molar-refractivity contribution is 5.66. The number of hydrogen-bond donors (Lipinski definition) is 1. The van der Waals surface area contributed by atoms with Crippen LogP contribution in [-0.2, 0) is 11.2 Å². The highest BCUT2D eigenvalue weighted by Crippen LogP contribution is 2.12. The number of carboxylic acids is 1. The van der Waals surface area contributed by atoms with Crippen LogP contribution in [0.25, 0.3) is 0 Å². The minimum absolute atomic E-state index is 0.209. The molecule has 1 rings (SSSR count). The second-order valence-electron chi connectivity index (χ2n) is 4.88. The van der Waals surface area contributed by atoms with Gasteiger partial charge in [0.15, 0.2) is 0 Å². The van der Waals surface area contributed by atoms with E-state index in [4.69, 9.17) is 5.11 Å². The van der Waals surface area contributed by atoms with E-state index in [1.165, 1.54) is 11.1 Å². The lowest BCUT2D eigenvalue weighted by Gasteiger charge is -2.26. The number of rotatable bonds is 7. The van der Waals surface area contributed by atoms with E-state index >= 15 is 0 Å². The Bertz CT molecular complexity index is 373. The summed E-state index contributed by atoms with van der Waals surface area (Å²) in [6.07, 6.45) is 2.22. The van der Waals surface area contributed by atoms with Gasteiger partial charge in [0.2, 0.25) is 0 Å². The summed E-state index contributed by atoms with van der Waals surface area (Å²) in [4.78, 5) is 12.7. The predicted octanol–water partition coefficient (Wildman–Crippen LogP) is 2.72. The Labute approximate surface area is 109 Å². The number of nitrogens with zero attached hydrogens (tertiary/aromatic N) is 1. The Morgan fingerprint density at radius 1 is 1.33 bits per heavy atom. The van der Waals surface area contributed by atoms with Crippen LogP contribution in [0.1, 0.15) is 30.9 Å². The third kappa shape index (κ3) is 4.88. The summed E-state index contributed by atoms with van der Waals surface area (Å²) in [5.41, 5.74) is 2.58. The Morgan fingerprint density at radius 2 is 1.94 bits per heavy atom. The molecule has 0 heterocycles. The molecule has 0 aromatic heterocycles. The number of hydrogen-bond acceptors (Lipinski definition) is 2. The Morgan fingerprint density at radius 3 is 2.44 bits per heavy atom. The maximum Gasteiger partial charge on any atom is 0.304 e. The fourth-order valence-corrected chi connectivity index (χ4v) is 2.06. The zero-order valence-corrected chi connectivity index (χ0v) is 11.5. The van der Waals surface area contributed by atoms with Gasteiger partial charge in [-0.3, -0.25) is 4.79 Å². The van der Waals surface area contributed by atoms with Crippen molar-refractivity contribution in [2.45, 2.75) is 39.2 Å². The molecule has 0 aliphatic heterocycles. The van der Waals surface area contributed by atoms with Crippen molar-refractivity contribution < 1.29 is 9.90 Å². The van der Waals surface area contributed by atoms with Crippen LogP contribution >= 0.6 is 0 Å². The van der Waals surface area contributed by atoms with Gasteiger partial charge in [-0.25, -0.2) is 0 Å². The average molecular weight is 249 g/mol. The monoisotopic (exact) mass is 249 g/mol. The molecule has 0 bridgehead atoms. The first-order chi connectivity index (χ1) is 8.52. The van der Waals surface area contributed by atoms with Crippen molar-refractivity contribution in [3.05, 3.63) is 35.4 Å². The highest BCUT2D eigenvalue weighted by atomic mass is 16.4. The molecule has 0 aliphatic carbocycles. The molecule has 1 aromatic rings. The molecule has 0 spiro atoms. The fraction of sp³-hybridized carbons (Fsp3) is 0.533. The first-order valence-corrected chi connectivity index (χ1v) is 6.50. The van der Waals surface area contributed by atoms with Gasteiger partial charge in [0.25, 0.3) is 0 Å². The van der Waals surface area contributed by atoms with Crippen LogP contribution in [0, 0.1) is 6.92 Å². The van der Waals surface area contributed by atoms with E-state index in [0.29, 0.717) is 12.6 Å². The summed E-state index contributed by atoms with van der Waals surface area (Å²) in [6, 6.07) is 8.97. The molecule has 1 N–H and O–H groups in total. The average Bonchev–Trinajstić information content (AvgIpc) is 2.35. The van der Waals surface area contributed by atoms with E-state index in [0.717, 1.165) is 12.8 Å². The van der Waals surface area contributed by atoms with Crippen molar-refractivity contribution in [3.8, 4) is 0 Å². The Kier molecular flexibility index (Phi) is 5.86. The number of aryl methyl sites for hydroxylation is 1. The molecule has 0 fully saturated rings. The van der Waals surface area contributed by atoms with Crippen LogP contribution in [0.5, 0.6) is 0 Å². The molecule has 3 heteroatoms. The molecular weight excluding hydrogens is 226 g/mol. The molecule has 1 atom stereocenters. The van der Waals surface area contributed by atoms with Crippen LogP contribution in [0.2, 0.25) is 0 Å². The molecule has 100 valence electrons. The molecule has 0 radical (unpaired) electrons. The lowest BCUT2D eigenvalue weighted by Crippen LogP contribution is -2.34. The van der Waals surface area contributed by atoms with Gasteiger partial charge in [-0.05, 0) is 32.4 Å². The third-order valence-electron chi connectivity index (χ3n) is 3.36. The standard InChI is InChI=1S/C15H23NO2/c1-4-14(16(3)10-9-15(17)18)11-13-7-5-12(2)6-8-13/h5-8,14H,4,9-11H2,1-3H3,(H,17,18). The molecule has 0 saturated heterocycles. The quantitative estimate of drug-likeness (QED) is 0.807. The predicted molar refractivity (Wildman–Crippen MR) is 73.8 cm³/mol. The number of carbonyl (C=O) groups is 1. The van der Waals surface area contributed by atoms with E-state index in [1.54, 1.807) is 0 Å². The van der Waals surface area contributed by atoms with Gasteiger partial charge in [0.1, 0.15) is 0 Å². The van der Waals surface area contributed by atoms with Gasteiger partial charge in [-0.1, -0.05) is 36.8 Å². The minimum atomic E-state index is -0.730. The van der Waals surface area contributed by atoms with Gasteiger partial charge in [0.05, 0.1) is 6.42 Å². The molecule has 3 nitrogen and oxygen atoms in total.